The fraction of sp³-hybridized carbons (Fsp3) is 0.471. The first kappa shape index (κ1) is 14.6. The lowest BCUT2D eigenvalue weighted by Gasteiger charge is -2.21. The highest BCUT2D eigenvalue weighted by molar-refractivity contribution is 5.89. The van der Waals surface area contributed by atoms with Crippen LogP contribution in [0.5, 0.6) is 0 Å². The number of rotatable bonds is 6. The molecule has 1 aromatic carbocycles. The smallest absolute Gasteiger partial charge is 0.227 e. The number of hydrogen-bond acceptors (Lipinski definition) is 1. The second kappa shape index (κ2) is 6.60. The largest absolute Gasteiger partial charge is 0.361 e. The summed E-state index contributed by atoms with van der Waals surface area (Å²) in [5.41, 5.74) is 3.44. The van der Waals surface area contributed by atoms with Crippen LogP contribution in [-0.2, 0) is 11.2 Å². The minimum absolute atomic E-state index is 0.233. The molecule has 108 valence electrons. The van der Waals surface area contributed by atoms with Crippen molar-refractivity contribution >= 4 is 16.8 Å². The van der Waals surface area contributed by atoms with Crippen molar-refractivity contribution in [1.82, 2.24) is 9.88 Å². The SMILES string of the molecule is CCCN(CCC)C(=O)Cc1c[nH]c2ccc(C)cc12. The molecule has 2 aromatic rings. The summed E-state index contributed by atoms with van der Waals surface area (Å²) in [4.78, 5) is 17.7. The van der Waals surface area contributed by atoms with Crippen molar-refractivity contribution in [2.45, 2.75) is 40.0 Å². The summed E-state index contributed by atoms with van der Waals surface area (Å²) in [5.74, 6) is 0.233. The monoisotopic (exact) mass is 272 g/mol. The van der Waals surface area contributed by atoms with Crippen molar-refractivity contribution < 1.29 is 4.79 Å². The van der Waals surface area contributed by atoms with E-state index in [1.807, 2.05) is 11.1 Å². The molecule has 3 nitrogen and oxygen atoms in total. The molecule has 0 saturated heterocycles. The van der Waals surface area contributed by atoms with Gasteiger partial charge in [-0.2, -0.15) is 0 Å². The van der Waals surface area contributed by atoms with Gasteiger partial charge in [-0.15, -0.1) is 0 Å². The van der Waals surface area contributed by atoms with Crippen molar-refractivity contribution in [3.05, 3.63) is 35.5 Å². The summed E-state index contributed by atoms with van der Waals surface area (Å²) in [6.07, 6.45) is 4.49. The van der Waals surface area contributed by atoms with Crippen molar-refractivity contribution in [1.29, 1.82) is 0 Å². The van der Waals surface area contributed by atoms with Crippen LogP contribution in [0.25, 0.3) is 10.9 Å². The first-order valence-electron chi connectivity index (χ1n) is 7.50. The molecule has 0 radical (unpaired) electrons. The maximum atomic E-state index is 12.4. The molecule has 3 heteroatoms. The molecule has 0 fully saturated rings. The summed E-state index contributed by atoms with van der Waals surface area (Å²) in [6, 6.07) is 6.32. The molecule has 1 amide bonds. The molecule has 0 aliphatic carbocycles. The zero-order chi connectivity index (χ0) is 14.5. The number of amides is 1. The molecule has 0 spiro atoms. The van der Waals surface area contributed by atoms with E-state index < -0.39 is 0 Å². The summed E-state index contributed by atoms with van der Waals surface area (Å²) in [5, 5.41) is 1.17. The van der Waals surface area contributed by atoms with Gasteiger partial charge in [0, 0.05) is 30.2 Å². The lowest BCUT2D eigenvalue weighted by Crippen LogP contribution is -2.33. The average Bonchev–Trinajstić information content (AvgIpc) is 2.81. The fourth-order valence-electron chi connectivity index (χ4n) is 2.61. The second-order valence-corrected chi connectivity index (χ2v) is 5.42. The third-order valence-corrected chi connectivity index (χ3v) is 3.60. The summed E-state index contributed by atoms with van der Waals surface area (Å²) < 4.78 is 0. The number of carbonyl (C=O) groups is 1. The molecule has 1 aromatic heterocycles. The van der Waals surface area contributed by atoms with Crippen LogP contribution in [0, 0.1) is 6.92 Å². The summed E-state index contributed by atoms with van der Waals surface area (Å²) in [6.45, 7) is 8.02. The normalized spacial score (nSPS) is 10.9. The number of fused-ring (bicyclic) bond motifs is 1. The van der Waals surface area contributed by atoms with Crippen LogP contribution in [0.15, 0.2) is 24.4 Å². The number of aromatic nitrogens is 1. The van der Waals surface area contributed by atoms with Crippen LogP contribution in [0.2, 0.25) is 0 Å². The lowest BCUT2D eigenvalue weighted by atomic mass is 10.1. The van der Waals surface area contributed by atoms with E-state index in [0.29, 0.717) is 6.42 Å². The highest BCUT2D eigenvalue weighted by Crippen LogP contribution is 2.20. The molecule has 0 aliphatic heterocycles. The number of H-pyrrole nitrogens is 1. The van der Waals surface area contributed by atoms with Gasteiger partial charge in [0.2, 0.25) is 5.91 Å². The van der Waals surface area contributed by atoms with E-state index in [0.717, 1.165) is 37.0 Å². The molecule has 0 bridgehead atoms. The van der Waals surface area contributed by atoms with Crippen LogP contribution in [0.3, 0.4) is 0 Å². The van der Waals surface area contributed by atoms with Gasteiger partial charge in [0.25, 0.3) is 0 Å². The molecule has 1 heterocycles. The van der Waals surface area contributed by atoms with Gasteiger partial charge in [0.15, 0.2) is 0 Å². The molecule has 2 rings (SSSR count). The van der Waals surface area contributed by atoms with E-state index in [9.17, 15) is 4.79 Å². The van der Waals surface area contributed by atoms with Gasteiger partial charge < -0.3 is 9.88 Å². The second-order valence-electron chi connectivity index (χ2n) is 5.42. The number of nitrogens with one attached hydrogen (secondary N) is 1. The molecular formula is C17H24N2O. The van der Waals surface area contributed by atoms with E-state index in [2.05, 4.69) is 44.0 Å². The van der Waals surface area contributed by atoms with Gasteiger partial charge >= 0.3 is 0 Å². The topological polar surface area (TPSA) is 36.1 Å². The van der Waals surface area contributed by atoms with Crippen molar-refractivity contribution in [3.63, 3.8) is 0 Å². The average molecular weight is 272 g/mol. The Morgan fingerprint density at radius 1 is 1.20 bits per heavy atom. The maximum absolute atomic E-state index is 12.4. The van der Waals surface area contributed by atoms with E-state index >= 15 is 0 Å². The van der Waals surface area contributed by atoms with Crippen LogP contribution in [0.4, 0.5) is 0 Å². The number of nitrogens with zero attached hydrogens (tertiary/aromatic N) is 1. The molecule has 0 unspecified atom stereocenters. The summed E-state index contributed by atoms with van der Waals surface area (Å²) >= 11 is 0. The van der Waals surface area contributed by atoms with E-state index in [-0.39, 0.29) is 5.91 Å². The number of carbonyl (C=O) groups excluding carboxylic acids is 1. The Kier molecular flexibility index (Phi) is 4.83. The third kappa shape index (κ3) is 3.21. The van der Waals surface area contributed by atoms with E-state index in [4.69, 9.17) is 0 Å². The van der Waals surface area contributed by atoms with Crippen LogP contribution >= 0.6 is 0 Å². The number of aryl methyl sites for hydroxylation is 1. The molecule has 20 heavy (non-hydrogen) atoms. The molecule has 1 N–H and O–H groups in total. The maximum Gasteiger partial charge on any atom is 0.227 e. The Labute approximate surface area is 121 Å². The number of benzene rings is 1. The Hall–Kier alpha value is -1.77. The Morgan fingerprint density at radius 3 is 2.55 bits per heavy atom. The third-order valence-electron chi connectivity index (χ3n) is 3.60. The van der Waals surface area contributed by atoms with Crippen molar-refractivity contribution in [3.8, 4) is 0 Å². The highest BCUT2D eigenvalue weighted by Gasteiger charge is 2.14. The minimum atomic E-state index is 0.233. The molecule has 0 saturated carbocycles. The predicted octanol–water partition coefficient (Wildman–Crippen LogP) is 3.67. The van der Waals surface area contributed by atoms with Gasteiger partial charge in [-0.25, -0.2) is 0 Å². The fourth-order valence-corrected chi connectivity index (χ4v) is 2.61. The molecular weight excluding hydrogens is 248 g/mol. The van der Waals surface area contributed by atoms with E-state index in [1.54, 1.807) is 0 Å². The first-order chi connectivity index (χ1) is 9.65. The Bertz CT molecular complexity index is 580. The minimum Gasteiger partial charge on any atom is -0.361 e. The Morgan fingerprint density at radius 2 is 1.90 bits per heavy atom. The quantitative estimate of drug-likeness (QED) is 0.855. The van der Waals surface area contributed by atoms with Gasteiger partial charge in [-0.1, -0.05) is 25.5 Å². The number of aromatic amines is 1. The standard InChI is InChI=1S/C17H24N2O/c1-4-8-19(9-5-2)17(20)11-14-12-18-16-7-6-13(3)10-15(14)16/h6-7,10,12,18H,4-5,8-9,11H2,1-3H3. The first-order valence-corrected chi connectivity index (χ1v) is 7.50. The van der Waals surface area contributed by atoms with Crippen LogP contribution < -0.4 is 0 Å². The van der Waals surface area contributed by atoms with Gasteiger partial charge in [0.05, 0.1) is 6.42 Å². The zero-order valence-electron chi connectivity index (χ0n) is 12.7. The van der Waals surface area contributed by atoms with Gasteiger partial charge in [-0.3, -0.25) is 4.79 Å². The molecule has 0 aliphatic rings. The predicted molar refractivity (Wildman–Crippen MR) is 83.9 cm³/mol. The van der Waals surface area contributed by atoms with Crippen molar-refractivity contribution in [2.75, 3.05) is 13.1 Å². The van der Waals surface area contributed by atoms with Gasteiger partial charge in [0.1, 0.15) is 0 Å². The highest BCUT2D eigenvalue weighted by atomic mass is 16.2. The Balaban J connectivity index is 2.18. The van der Waals surface area contributed by atoms with Crippen LogP contribution in [-0.4, -0.2) is 28.9 Å². The van der Waals surface area contributed by atoms with E-state index in [1.165, 1.54) is 10.9 Å². The lowest BCUT2D eigenvalue weighted by molar-refractivity contribution is -0.130. The van der Waals surface area contributed by atoms with Gasteiger partial charge in [-0.05, 0) is 37.5 Å². The van der Waals surface area contributed by atoms with Crippen molar-refractivity contribution in [2.24, 2.45) is 0 Å². The zero-order valence-corrected chi connectivity index (χ0v) is 12.7. The number of hydrogen-bond donors (Lipinski definition) is 1. The molecule has 0 atom stereocenters. The summed E-state index contributed by atoms with van der Waals surface area (Å²) in [7, 11) is 0. The van der Waals surface area contributed by atoms with Crippen LogP contribution in [0.1, 0.15) is 37.8 Å².